The Balaban J connectivity index is 2.45. The van der Waals surface area contributed by atoms with Crippen LogP contribution in [-0.4, -0.2) is 73.1 Å². The predicted octanol–water partition coefficient (Wildman–Crippen LogP) is 2.21. The Morgan fingerprint density at radius 2 is 1.39 bits per heavy atom. The van der Waals surface area contributed by atoms with Crippen molar-refractivity contribution >= 4 is 29.8 Å². The molecule has 1 fully saturated rings. The Hall–Kier alpha value is -3.67. The highest BCUT2D eigenvalue weighted by Crippen LogP contribution is 2.38. The van der Waals surface area contributed by atoms with Crippen LogP contribution in [0.4, 0.5) is 0 Å². The van der Waals surface area contributed by atoms with Gasteiger partial charge in [0.05, 0.1) is 0 Å². The Morgan fingerprint density at radius 1 is 0.816 bits per heavy atom. The van der Waals surface area contributed by atoms with Crippen LogP contribution in [0.15, 0.2) is 24.3 Å². The maximum Gasteiger partial charge on any atom is 0.344 e. The van der Waals surface area contributed by atoms with Crippen LogP contribution in [0.3, 0.4) is 0 Å². The second-order valence-electron chi connectivity index (χ2n) is 9.57. The number of hydrogen-bond donors (Lipinski definition) is 0. The second-order valence-corrected chi connectivity index (χ2v) is 9.57. The zero-order valence-electron chi connectivity index (χ0n) is 22.5. The lowest BCUT2D eigenvalue weighted by Gasteiger charge is -2.44. The van der Waals surface area contributed by atoms with E-state index in [4.69, 9.17) is 33.2 Å². The van der Waals surface area contributed by atoms with E-state index in [9.17, 15) is 24.0 Å². The van der Waals surface area contributed by atoms with E-state index in [1.54, 1.807) is 45.0 Å². The first-order chi connectivity index (χ1) is 17.7. The third-order valence-electron chi connectivity index (χ3n) is 4.95. The van der Waals surface area contributed by atoms with Crippen LogP contribution in [0.25, 0.3) is 0 Å². The number of carbonyl (C=O) groups is 5. The molecule has 0 radical (unpaired) electrons. The Labute approximate surface area is 220 Å². The van der Waals surface area contributed by atoms with Crippen molar-refractivity contribution in [1.29, 1.82) is 0 Å². The summed E-state index contributed by atoms with van der Waals surface area (Å²) in [7, 11) is 0. The molecule has 0 unspecified atom stereocenters. The zero-order valence-corrected chi connectivity index (χ0v) is 22.5. The molecule has 0 amide bonds. The molecule has 12 nitrogen and oxygen atoms in total. The minimum atomic E-state index is -1.30. The largest absolute Gasteiger partial charge is 0.482 e. The van der Waals surface area contributed by atoms with Gasteiger partial charge in [0.1, 0.15) is 30.2 Å². The van der Waals surface area contributed by atoms with E-state index in [0.717, 1.165) is 20.8 Å². The lowest BCUT2D eigenvalue weighted by molar-refractivity contribution is -0.254. The molecule has 5 atom stereocenters. The van der Waals surface area contributed by atoms with Crippen molar-refractivity contribution in [3.8, 4) is 5.75 Å². The molecule has 1 aliphatic rings. The summed E-state index contributed by atoms with van der Waals surface area (Å²) in [6, 6.07) is 6.40. The SMILES string of the molecule is CC(=O)OC[C@H]1O[C@@H](c2cccc(OCC(=O)OC(C)(C)C)c2)[C@H](OC(C)=O)[C@@H](OC(C)=O)[C@@H]1OC(C)=O. The van der Waals surface area contributed by atoms with Crippen LogP contribution in [-0.2, 0) is 52.4 Å². The van der Waals surface area contributed by atoms with Gasteiger partial charge >= 0.3 is 29.8 Å². The molecule has 0 saturated carbocycles. The molecular weight excluding hydrogens is 504 g/mol. The first-order valence-electron chi connectivity index (χ1n) is 11.9. The second kappa shape index (κ2) is 13.2. The summed E-state index contributed by atoms with van der Waals surface area (Å²) >= 11 is 0. The molecule has 38 heavy (non-hydrogen) atoms. The van der Waals surface area contributed by atoms with Crippen molar-refractivity contribution in [3.05, 3.63) is 29.8 Å². The third-order valence-corrected chi connectivity index (χ3v) is 4.95. The fourth-order valence-corrected chi connectivity index (χ4v) is 3.79. The summed E-state index contributed by atoms with van der Waals surface area (Å²) in [6.07, 6.45) is -5.97. The van der Waals surface area contributed by atoms with Gasteiger partial charge in [0.25, 0.3) is 0 Å². The first kappa shape index (κ1) is 30.6. The summed E-state index contributed by atoms with van der Waals surface area (Å²) in [5.74, 6) is -3.07. The Bertz CT molecular complexity index is 1030. The lowest BCUT2D eigenvalue weighted by Crippen LogP contribution is -2.59. The minimum Gasteiger partial charge on any atom is -0.482 e. The van der Waals surface area contributed by atoms with Gasteiger partial charge in [0.15, 0.2) is 24.9 Å². The molecule has 0 spiro atoms. The maximum absolute atomic E-state index is 12.1. The smallest absolute Gasteiger partial charge is 0.344 e. The summed E-state index contributed by atoms with van der Waals surface area (Å²) in [5, 5.41) is 0. The van der Waals surface area contributed by atoms with Crippen LogP contribution < -0.4 is 4.74 Å². The Morgan fingerprint density at radius 3 is 1.95 bits per heavy atom. The van der Waals surface area contributed by atoms with Crippen LogP contribution >= 0.6 is 0 Å². The van der Waals surface area contributed by atoms with Gasteiger partial charge in [-0.3, -0.25) is 19.2 Å². The van der Waals surface area contributed by atoms with Crippen molar-refractivity contribution < 1.29 is 57.1 Å². The molecule has 0 bridgehead atoms. The monoisotopic (exact) mass is 538 g/mol. The highest BCUT2D eigenvalue weighted by Gasteiger charge is 2.52. The number of carbonyl (C=O) groups excluding carboxylic acids is 5. The molecule has 1 aromatic carbocycles. The van der Waals surface area contributed by atoms with Crippen LogP contribution in [0.2, 0.25) is 0 Å². The van der Waals surface area contributed by atoms with E-state index in [1.165, 1.54) is 6.92 Å². The molecule has 1 heterocycles. The lowest BCUT2D eigenvalue weighted by atomic mass is 9.90. The van der Waals surface area contributed by atoms with E-state index in [2.05, 4.69) is 0 Å². The first-order valence-corrected chi connectivity index (χ1v) is 11.9. The van der Waals surface area contributed by atoms with Crippen LogP contribution in [0, 0.1) is 0 Å². The van der Waals surface area contributed by atoms with Gasteiger partial charge < -0.3 is 33.2 Å². The number of ether oxygens (including phenoxy) is 7. The van der Waals surface area contributed by atoms with E-state index in [1.807, 2.05) is 0 Å². The molecule has 1 aliphatic heterocycles. The van der Waals surface area contributed by atoms with Crippen molar-refractivity contribution in [2.24, 2.45) is 0 Å². The summed E-state index contributed by atoms with van der Waals surface area (Å²) < 4.78 is 38.4. The molecule has 1 aromatic rings. The van der Waals surface area contributed by atoms with E-state index >= 15 is 0 Å². The fourth-order valence-electron chi connectivity index (χ4n) is 3.79. The quantitative estimate of drug-likeness (QED) is 0.335. The molecular formula is C26H34O12. The molecule has 210 valence electrons. The predicted molar refractivity (Wildman–Crippen MR) is 129 cm³/mol. The average molecular weight is 539 g/mol. The van der Waals surface area contributed by atoms with Crippen LogP contribution in [0.5, 0.6) is 5.75 Å². The fraction of sp³-hybridized carbons (Fsp3) is 0.577. The van der Waals surface area contributed by atoms with Gasteiger partial charge in [0.2, 0.25) is 0 Å². The molecule has 0 N–H and O–H groups in total. The molecule has 0 aliphatic carbocycles. The molecule has 1 saturated heterocycles. The van der Waals surface area contributed by atoms with Crippen molar-refractivity contribution in [2.75, 3.05) is 13.2 Å². The van der Waals surface area contributed by atoms with Gasteiger partial charge in [-0.15, -0.1) is 0 Å². The van der Waals surface area contributed by atoms with Gasteiger partial charge in [0, 0.05) is 27.7 Å². The summed E-state index contributed by atoms with van der Waals surface area (Å²) in [6.45, 7) is 9.13. The number of esters is 5. The summed E-state index contributed by atoms with van der Waals surface area (Å²) in [4.78, 5) is 59.5. The highest BCUT2D eigenvalue weighted by molar-refractivity contribution is 5.71. The highest BCUT2D eigenvalue weighted by atomic mass is 16.7. The molecule has 2 rings (SSSR count). The van der Waals surface area contributed by atoms with Gasteiger partial charge in [-0.05, 0) is 38.5 Å². The van der Waals surface area contributed by atoms with E-state index in [0.29, 0.717) is 5.56 Å². The van der Waals surface area contributed by atoms with Crippen molar-refractivity contribution in [1.82, 2.24) is 0 Å². The van der Waals surface area contributed by atoms with Gasteiger partial charge in [-0.25, -0.2) is 4.79 Å². The minimum absolute atomic E-state index is 0.279. The number of benzene rings is 1. The topological polar surface area (TPSA) is 150 Å². The summed E-state index contributed by atoms with van der Waals surface area (Å²) in [5.41, 5.74) is -0.263. The van der Waals surface area contributed by atoms with Gasteiger partial charge in [-0.1, -0.05) is 12.1 Å². The Kier molecular flexibility index (Phi) is 10.6. The third kappa shape index (κ3) is 9.66. The van der Waals surface area contributed by atoms with Crippen LogP contribution in [0.1, 0.15) is 60.1 Å². The molecule has 12 heteroatoms. The van der Waals surface area contributed by atoms with Crippen molar-refractivity contribution in [3.63, 3.8) is 0 Å². The number of rotatable bonds is 9. The maximum atomic E-state index is 12.1. The van der Waals surface area contributed by atoms with E-state index < -0.39 is 66.0 Å². The normalized spacial score (nSPS) is 23.0. The zero-order chi connectivity index (χ0) is 28.6. The van der Waals surface area contributed by atoms with Crippen molar-refractivity contribution in [2.45, 2.75) is 84.6 Å². The average Bonchev–Trinajstić information content (AvgIpc) is 2.77. The van der Waals surface area contributed by atoms with E-state index in [-0.39, 0.29) is 19.0 Å². The standard InChI is InChI=1S/C26H34O12/c1-14(27)32-12-20-23(34-15(2)28)25(36-17(4)30)24(35-16(3)29)22(37-20)18-9-8-10-19(11-18)33-13-21(31)38-26(5,6)7/h8-11,20,22-25H,12-13H2,1-7H3/t20-,22+,23-,24+,25+/m1/s1. The molecule has 0 aromatic heterocycles. The van der Waals surface area contributed by atoms with Gasteiger partial charge in [-0.2, -0.15) is 0 Å². The number of hydrogen-bond acceptors (Lipinski definition) is 12.